The number of fused-ring (bicyclic) bond motifs is 1. The molecule has 0 saturated carbocycles. The van der Waals surface area contributed by atoms with Gasteiger partial charge in [0, 0.05) is 0 Å². The van der Waals surface area contributed by atoms with Crippen LogP contribution in [0.4, 0.5) is 0 Å². The van der Waals surface area contributed by atoms with E-state index in [0.717, 1.165) is 5.56 Å². The Morgan fingerprint density at radius 1 is 1.25 bits per heavy atom. The third kappa shape index (κ3) is 3.17. The third-order valence-corrected chi connectivity index (χ3v) is 3.29. The van der Waals surface area contributed by atoms with Crippen LogP contribution in [0.5, 0.6) is 0 Å². The summed E-state index contributed by atoms with van der Waals surface area (Å²) in [4.78, 5) is 11.9. The molecule has 0 bridgehead atoms. The maximum Gasteiger partial charge on any atom is 0.308 e. The molecule has 108 valence electrons. The lowest BCUT2D eigenvalue weighted by atomic mass is 10.1. The van der Waals surface area contributed by atoms with E-state index in [-0.39, 0.29) is 37.5 Å². The summed E-state index contributed by atoms with van der Waals surface area (Å²) in [6, 6.07) is 9.59. The Bertz CT molecular complexity index is 484. The highest BCUT2D eigenvalue weighted by Crippen LogP contribution is 2.40. The molecule has 0 radical (unpaired) electrons. The molecule has 0 N–H and O–H groups in total. The van der Waals surface area contributed by atoms with Crippen molar-refractivity contribution in [2.24, 2.45) is 0 Å². The van der Waals surface area contributed by atoms with Crippen molar-refractivity contribution in [1.29, 1.82) is 0 Å². The van der Waals surface area contributed by atoms with Gasteiger partial charge in [0.2, 0.25) is 0 Å². The van der Waals surface area contributed by atoms with E-state index in [4.69, 9.17) is 18.9 Å². The maximum absolute atomic E-state index is 11.9. The Kier molecular flexibility index (Phi) is 3.50. The molecule has 5 heteroatoms. The monoisotopic (exact) mass is 278 g/mol. The fraction of sp³-hybridized carbons (Fsp3) is 0.533. The van der Waals surface area contributed by atoms with Crippen molar-refractivity contribution in [1.82, 2.24) is 0 Å². The Hall–Kier alpha value is -1.43. The van der Waals surface area contributed by atoms with E-state index >= 15 is 0 Å². The molecule has 0 aliphatic carbocycles. The van der Waals surface area contributed by atoms with Crippen molar-refractivity contribution >= 4 is 5.97 Å². The highest BCUT2D eigenvalue weighted by molar-refractivity contribution is 5.70. The van der Waals surface area contributed by atoms with E-state index in [1.807, 2.05) is 44.2 Å². The van der Waals surface area contributed by atoms with Crippen molar-refractivity contribution < 1.29 is 23.7 Å². The van der Waals surface area contributed by atoms with Crippen molar-refractivity contribution in [3.8, 4) is 0 Å². The van der Waals surface area contributed by atoms with Gasteiger partial charge < -0.3 is 18.9 Å². The molecule has 2 unspecified atom stereocenters. The highest BCUT2D eigenvalue weighted by Gasteiger charge is 2.55. The van der Waals surface area contributed by atoms with Crippen LogP contribution in [0.15, 0.2) is 30.3 Å². The van der Waals surface area contributed by atoms with E-state index in [2.05, 4.69) is 0 Å². The minimum atomic E-state index is -0.720. The Morgan fingerprint density at radius 2 is 2.00 bits per heavy atom. The first-order chi connectivity index (χ1) is 9.53. The molecule has 0 spiro atoms. The molecule has 2 aliphatic heterocycles. The first kappa shape index (κ1) is 13.5. The zero-order chi connectivity index (χ0) is 14.2. The molecule has 2 saturated heterocycles. The summed E-state index contributed by atoms with van der Waals surface area (Å²) in [5.74, 6) is -1.01. The van der Waals surface area contributed by atoms with Gasteiger partial charge in [0.1, 0.15) is 18.8 Å². The lowest BCUT2D eigenvalue weighted by Gasteiger charge is -2.32. The molecule has 1 aromatic rings. The number of carbonyl (C=O) groups excluding carboxylic acids is 1. The van der Waals surface area contributed by atoms with Gasteiger partial charge >= 0.3 is 5.97 Å². The van der Waals surface area contributed by atoms with Gasteiger partial charge in [0.05, 0.1) is 6.42 Å². The maximum atomic E-state index is 11.9. The number of esters is 1. The van der Waals surface area contributed by atoms with Gasteiger partial charge in [-0.15, -0.1) is 0 Å². The lowest BCUT2D eigenvalue weighted by Crippen LogP contribution is -2.43. The quantitative estimate of drug-likeness (QED) is 0.623. The number of hydrogen-bond acceptors (Lipinski definition) is 5. The summed E-state index contributed by atoms with van der Waals surface area (Å²) in [5, 5.41) is 0. The lowest BCUT2D eigenvalue weighted by molar-refractivity contribution is -0.272. The SMILES string of the molecule is CC1(C)OC2OC2[C@H](CC(=O)OCc2ccccc2)O1. The fourth-order valence-corrected chi connectivity index (χ4v) is 2.33. The summed E-state index contributed by atoms with van der Waals surface area (Å²) < 4.78 is 21.8. The van der Waals surface area contributed by atoms with Gasteiger partial charge in [0.15, 0.2) is 12.1 Å². The van der Waals surface area contributed by atoms with E-state index in [1.165, 1.54) is 0 Å². The third-order valence-electron chi connectivity index (χ3n) is 3.29. The Morgan fingerprint density at radius 3 is 2.75 bits per heavy atom. The summed E-state index contributed by atoms with van der Waals surface area (Å²) in [5.41, 5.74) is 0.967. The largest absolute Gasteiger partial charge is 0.461 e. The molecular formula is C15H18O5. The molecule has 2 fully saturated rings. The van der Waals surface area contributed by atoms with E-state index in [0.29, 0.717) is 0 Å². The van der Waals surface area contributed by atoms with Crippen LogP contribution >= 0.6 is 0 Å². The molecular weight excluding hydrogens is 260 g/mol. The van der Waals surface area contributed by atoms with Crippen LogP contribution in [0.2, 0.25) is 0 Å². The minimum absolute atomic E-state index is 0.146. The molecule has 5 nitrogen and oxygen atoms in total. The topological polar surface area (TPSA) is 57.3 Å². The smallest absolute Gasteiger partial charge is 0.308 e. The molecule has 2 heterocycles. The van der Waals surface area contributed by atoms with Crippen molar-refractivity contribution in [2.45, 2.75) is 51.2 Å². The van der Waals surface area contributed by atoms with E-state index < -0.39 is 5.79 Å². The average molecular weight is 278 g/mol. The van der Waals surface area contributed by atoms with Crippen molar-refractivity contribution in [3.63, 3.8) is 0 Å². The van der Waals surface area contributed by atoms with Crippen molar-refractivity contribution in [2.75, 3.05) is 0 Å². The number of benzene rings is 1. The van der Waals surface area contributed by atoms with Crippen molar-refractivity contribution in [3.05, 3.63) is 35.9 Å². The van der Waals surface area contributed by atoms with Gasteiger partial charge in [-0.2, -0.15) is 0 Å². The summed E-state index contributed by atoms with van der Waals surface area (Å²) in [7, 11) is 0. The zero-order valence-corrected chi connectivity index (χ0v) is 11.6. The highest BCUT2D eigenvalue weighted by atomic mass is 16.9. The first-order valence-electron chi connectivity index (χ1n) is 6.74. The van der Waals surface area contributed by atoms with Crippen LogP contribution in [0.1, 0.15) is 25.8 Å². The summed E-state index contributed by atoms with van der Waals surface area (Å²) in [6.45, 7) is 3.90. The van der Waals surface area contributed by atoms with Crippen LogP contribution in [0, 0.1) is 0 Å². The number of epoxide rings is 1. The molecule has 2 aliphatic rings. The van der Waals surface area contributed by atoms with Crippen LogP contribution in [0.3, 0.4) is 0 Å². The predicted octanol–water partition coefficient (Wildman–Crippen LogP) is 2.00. The number of ether oxygens (including phenoxy) is 4. The molecule has 1 aromatic carbocycles. The second kappa shape index (κ2) is 5.16. The molecule has 0 amide bonds. The van der Waals surface area contributed by atoms with Crippen LogP contribution < -0.4 is 0 Å². The normalized spacial score (nSPS) is 30.4. The average Bonchev–Trinajstić information content (AvgIpc) is 3.15. The van der Waals surface area contributed by atoms with Gasteiger partial charge in [-0.25, -0.2) is 0 Å². The number of hydrogen-bond donors (Lipinski definition) is 0. The van der Waals surface area contributed by atoms with E-state index in [1.54, 1.807) is 0 Å². The fourth-order valence-electron chi connectivity index (χ4n) is 2.33. The standard InChI is InChI=1S/C15H18O5/c1-15(2)19-11(13-14(18-13)20-15)8-12(16)17-9-10-6-4-3-5-7-10/h3-7,11,13-14H,8-9H2,1-2H3/t11-,13?,14?/m0/s1. The van der Waals surface area contributed by atoms with Crippen LogP contribution in [-0.2, 0) is 30.3 Å². The number of carbonyl (C=O) groups is 1. The molecule has 20 heavy (non-hydrogen) atoms. The zero-order valence-electron chi connectivity index (χ0n) is 11.6. The second-order valence-corrected chi connectivity index (χ2v) is 5.49. The first-order valence-corrected chi connectivity index (χ1v) is 6.74. The minimum Gasteiger partial charge on any atom is -0.461 e. The van der Waals surface area contributed by atoms with E-state index in [9.17, 15) is 4.79 Å². The van der Waals surface area contributed by atoms with Gasteiger partial charge in [0.25, 0.3) is 0 Å². The van der Waals surface area contributed by atoms with Gasteiger partial charge in [-0.1, -0.05) is 30.3 Å². The molecule has 3 rings (SSSR count). The summed E-state index contributed by atoms with van der Waals surface area (Å²) >= 11 is 0. The van der Waals surface area contributed by atoms with Gasteiger partial charge in [-0.3, -0.25) is 4.79 Å². The second-order valence-electron chi connectivity index (χ2n) is 5.49. The van der Waals surface area contributed by atoms with Crippen LogP contribution in [-0.4, -0.2) is 30.3 Å². The molecule has 0 aromatic heterocycles. The molecule has 3 atom stereocenters. The Balaban J connectivity index is 1.49. The Labute approximate surface area is 117 Å². The predicted molar refractivity (Wildman–Crippen MR) is 69.6 cm³/mol. The summed E-state index contributed by atoms with van der Waals surface area (Å²) in [6.07, 6.45) is -0.508. The van der Waals surface area contributed by atoms with Gasteiger partial charge in [-0.05, 0) is 19.4 Å². The number of rotatable bonds is 4. The van der Waals surface area contributed by atoms with Crippen LogP contribution in [0.25, 0.3) is 0 Å².